The van der Waals surface area contributed by atoms with Crippen molar-refractivity contribution in [2.75, 3.05) is 11.5 Å². The van der Waals surface area contributed by atoms with Crippen molar-refractivity contribution in [3.63, 3.8) is 0 Å². The molecule has 1 saturated heterocycles. The van der Waals surface area contributed by atoms with Gasteiger partial charge in [-0.3, -0.25) is 25.0 Å². The number of nitrogens with one attached hydrogen (secondary N) is 1. The molecule has 0 unspecified atom stereocenters. The van der Waals surface area contributed by atoms with Crippen LogP contribution in [-0.4, -0.2) is 29.4 Å². The number of barbiturate groups is 1. The van der Waals surface area contributed by atoms with Gasteiger partial charge in [0.2, 0.25) is 0 Å². The van der Waals surface area contributed by atoms with Gasteiger partial charge in [0.25, 0.3) is 17.5 Å². The lowest BCUT2D eigenvalue weighted by molar-refractivity contribution is -0.384. The molecule has 2 aromatic carbocycles. The molecule has 11 heteroatoms. The lowest BCUT2D eigenvalue weighted by Crippen LogP contribution is -2.54. The zero-order valence-electron chi connectivity index (χ0n) is 19.6. The number of halogens is 2. The number of unbranched alkanes of at least 4 members (excludes halogenated alkanes) is 5. The molecule has 36 heavy (non-hydrogen) atoms. The van der Waals surface area contributed by atoms with Crippen LogP contribution in [0.1, 0.15) is 51.0 Å². The number of hydrogen-bond donors (Lipinski definition) is 1. The Morgan fingerprint density at radius 3 is 2.36 bits per heavy atom. The molecule has 1 heterocycles. The Kier molecular flexibility index (Phi) is 9.44. The number of rotatable bonds is 11. The number of hydrogen-bond acceptors (Lipinski definition) is 6. The lowest BCUT2D eigenvalue weighted by Gasteiger charge is -2.26. The van der Waals surface area contributed by atoms with E-state index in [2.05, 4.69) is 12.2 Å². The Bertz CT molecular complexity index is 1190. The second-order valence-corrected chi connectivity index (χ2v) is 8.98. The Morgan fingerprint density at radius 1 is 1.03 bits per heavy atom. The Morgan fingerprint density at radius 2 is 1.69 bits per heavy atom. The van der Waals surface area contributed by atoms with E-state index in [-0.39, 0.29) is 27.0 Å². The van der Waals surface area contributed by atoms with E-state index in [4.69, 9.17) is 27.9 Å². The monoisotopic (exact) mass is 533 g/mol. The Labute approximate surface area is 218 Å². The maximum absolute atomic E-state index is 13.1. The van der Waals surface area contributed by atoms with Gasteiger partial charge in [-0.25, -0.2) is 9.69 Å². The molecule has 1 aliphatic heterocycles. The normalized spacial score (nSPS) is 14.8. The van der Waals surface area contributed by atoms with Crippen LogP contribution in [0, 0.1) is 10.1 Å². The molecule has 4 amide bonds. The van der Waals surface area contributed by atoms with E-state index >= 15 is 0 Å². The average Bonchev–Trinajstić information content (AvgIpc) is 2.82. The number of nitrogens with zero attached hydrogens (tertiary/aromatic N) is 2. The molecular formula is C25H25Cl2N3O6. The largest absolute Gasteiger partial charge is 0.490 e. The van der Waals surface area contributed by atoms with Gasteiger partial charge in [0, 0.05) is 12.1 Å². The first kappa shape index (κ1) is 27.2. The third kappa shape index (κ3) is 6.61. The summed E-state index contributed by atoms with van der Waals surface area (Å²) < 4.78 is 5.74. The highest BCUT2D eigenvalue weighted by molar-refractivity contribution is 6.40. The van der Waals surface area contributed by atoms with Gasteiger partial charge in [0.1, 0.15) is 5.57 Å². The molecule has 0 saturated carbocycles. The first-order valence-corrected chi connectivity index (χ1v) is 12.3. The SMILES string of the molecule is CCCCCCCCOc1c(Cl)cc(/C=C2/C(=O)NC(=O)N(c3cccc([N+](=O)[O-])c3)C2=O)cc1Cl. The van der Waals surface area contributed by atoms with E-state index in [9.17, 15) is 24.5 Å². The number of ether oxygens (including phenoxy) is 1. The highest BCUT2D eigenvalue weighted by Crippen LogP contribution is 2.35. The fraction of sp³-hybridized carbons (Fsp3) is 0.320. The number of nitro groups is 1. The second-order valence-electron chi connectivity index (χ2n) is 8.16. The lowest BCUT2D eigenvalue weighted by atomic mass is 10.1. The molecule has 0 aliphatic carbocycles. The number of benzene rings is 2. The summed E-state index contributed by atoms with van der Waals surface area (Å²) in [5.74, 6) is -1.55. The molecule has 0 spiro atoms. The van der Waals surface area contributed by atoms with Crippen molar-refractivity contribution in [3.8, 4) is 5.75 Å². The number of nitro benzene ring substituents is 1. The molecule has 3 rings (SSSR count). The minimum Gasteiger partial charge on any atom is -0.490 e. The topological polar surface area (TPSA) is 119 Å². The van der Waals surface area contributed by atoms with E-state index in [0.717, 1.165) is 25.3 Å². The van der Waals surface area contributed by atoms with Crippen LogP contribution >= 0.6 is 23.2 Å². The molecule has 1 fully saturated rings. The van der Waals surface area contributed by atoms with E-state index in [1.165, 1.54) is 55.7 Å². The maximum atomic E-state index is 13.1. The van der Waals surface area contributed by atoms with E-state index in [0.29, 0.717) is 22.8 Å². The molecule has 0 bridgehead atoms. The molecular weight excluding hydrogens is 509 g/mol. The van der Waals surface area contributed by atoms with E-state index in [1.807, 2.05) is 0 Å². The molecule has 0 aromatic heterocycles. The second kappa shape index (κ2) is 12.5. The van der Waals surface area contributed by atoms with Crippen LogP contribution in [0.5, 0.6) is 5.75 Å². The van der Waals surface area contributed by atoms with Gasteiger partial charge in [-0.1, -0.05) is 68.3 Å². The first-order chi connectivity index (χ1) is 17.2. The van der Waals surface area contributed by atoms with Crippen LogP contribution in [0.3, 0.4) is 0 Å². The van der Waals surface area contributed by atoms with Gasteiger partial charge in [0.05, 0.1) is 27.3 Å². The predicted octanol–water partition coefficient (Wildman–Crippen LogP) is 6.31. The number of amides is 4. The van der Waals surface area contributed by atoms with E-state index < -0.39 is 22.8 Å². The molecule has 9 nitrogen and oxygen atoms in total. The fourth-order valence-corrected chi connectivity index (χ4v) is 4.27. The summed E-state index contributed by atoms with van der Waals surface area (Å²) in [5.41, 5.74) is -0.400. The van der Waals surface area contributed by atoms with Crippen molar-refractivity contribution in [2.45, 2.75) is 45.4 Å². The van der Waals surface area contributed by atoms with Crippen LogP contribution in [0.4, 0.5) is 16.2 Å². The van der Waals surface area contributed by atoms with Crippen molar-refractivity contribution in [2.24, 2.45) is 0 Å². The number of carbonyl (C=O) groups excluding carboxylic acids is 3. The summed E-state index contributed by atoms with van der Waals surface area (Å²) >= 11 is 12.7. The predicted molar refractivity (Wildman–Crippen MR) is 137 cm³/mol. The molecule has 2 aromatic rings. The molecule has 190 valence electrons. The highest BCUT2D eigenvalue weighted by Gasteiger charge is 2.37. The third-order valence-corrected chi connectivity index (χ3v) is 6.04. The number of anilines is 1. The van der Waals surface area contributed by atoms with Crippen LogP contribution in [0.2, 0.25) is 10.0 Å². The number of urea groups is 1. The maximum Gasteiger partial charge on any atom is 0.335 e. The first-order valence-electron chi connectivity index (χ1n) is 11.5. The summed E-state index contributed by atoms with van der Waals surface area (Å²) in [6.45, 7) is 2.61. The van der Waals surface area contributed by atoms with Crippen LogP contribution < -0.4 is 15.0 Å². The Balaban J connectivity index is 1.78. The van der Waals surface area contributed by atoms with Crippen molar-refractivity contribution >= 4 is 58.5 Å². The summed E-state index contributed by atoms with van der Waals surface area (Å²) in [7, 11) is 0. The third-order valence-electron chi connectivity index (χ3n) is 5.48. The molecule has 1 N–H and O–H groups in total. The van der Waals surface area contributed by atoms with E-state index in [1.54, 1.807) is 0 Å². The van der Waals surface area contributed by atoms with Gasteiger partial charge in [-0.15, -0.1) is 0 Å². The van der Waals surface area contributed by atoms with Gasteiger partial charge < -0.3 is 4.74 Å². The van der Waals surface area contributed by atoms with Gasteiger partial charge >= 0.3 is 6.03 Å². The zero-order chi connectivity index (χ0) is 26.2. The highest BCUT2D eigenvalue weighted by atomic mass is 35.5. The van der Waals surface area contributed by atoms with Gasteiger partial charge in [0.15, 0.2) is 5.75 Å². The van der Waals surface area contributed by atoms with Crippen molar-refractivity contribution < 1.29 is 24.0 Å². The smallest absolute Gasteiger partial charge is 0.335 e. The fourth-order valence-electron chi connectivity index (χ4n) is 3.66. The molecule has 0 radical (unpaired) electrons. The number of non-ortho nitro benzene ring substituents is 1. The standard InChI is InChI=1S/C25H25Cl2N3O6/c1-2-3-4-5-6-7-11-36-22-20(26)13-16(14-21(22)27)12-19-23(31)28-25(33)29(24(19)32)17-9-8-10-18(15-17)30(34)35/h8-10,12-15H,2-7,11H2,1H3,(H,28,31,33)/b19-12-. The summed E-state index contributed by atoms with van der Waals surface area (Å²) in [6.07, 6.45) is 7.86. The number of imide groups is 2. The van der Waals surface area contributed by atoms with Crippen molar-refractivity contribution in [1.82, 2.24) is 5.32 Å². The van der Waals surface area contributed by atoms with Crippen molar-refractivity contribution in [1.29, 1.82) is 0 Å². The van der Waals surface area contributed by atoms with Gasteiger partial charge in [-0.2, -0.15) is 0 Å². The minimum absolute atomic E-state index is 0.0559. The summed E-state index contributed by atoms with van der Waals surface area (Å²) in [6, 6.07) is 6.93. The van der Waals surface area contributed by atoms with Crippen LogP contribution in [0.15, 0.2) is 42.0 Å². The minimum atomic E-state index is -1.02. The number of carbonyl (C=O) groups is 3. The zero-order valence-corrected chi connectivity index (χ0v) is 21.1. The Hall–Kier alpha value is -3.43. The van der Waals surface area contributed by atoms with Gasteiger partial charge in [-0.05, 0) is 36.3 Å². The average molecular weight is 534 g/mol. The van der Waals surface area contributed by atoms with Crippen LogP contribution in [0.25, 0.3) is 6.08 Å². The van der Waals surface area contributed by atoms with Crippen molar-refractivity contribution in [3.05, 3.63) is 67.7 Å². The quantitative estimate of drug-likeness (QED) is 0.119. The van der Waals surface area contributed by atoms with Crippen LogP contribution in [-0.2, 0) is 9.59 Å². The molecule has 1 aliphatic rings. The summed E-state index contributed by atoms with van der Waals surface area (Å²) in [5, 5.41) is 13.6. The summed E-state index contributed by atoms with van der Waals surface area (Å²) in [4.78, 5) is 48.9. The molecule has 0 atom stereocenters.